The summed E-state index contributed by atoms with van der Waals surface area (Å²) in [6.45, 7) is 11.3. The van der Waals surface area contributed by atoms with Crippen LogP contribution >= 0.6 is 0 Å². The fraction of sp³-hybridized carbons (Fsp3) is 0.700. The minimum Gasteiger partial charge on any atom is -0.396 e. The van der Waals surface area contributed by atoms with E-state index in [1.807, 2.05) is 0 Å². The quantitative estimate of drug-likeness (QED) is 0.449. The van der Waals surface area contributed by atoms with E-state index < -0.39 is 0 Å². The molecule has 1 atom stereocenters. The first kappa shape index (κ1) is 20.2. The second kappa shape index (κ2) is 12.9. The Hall–Kier alpha value is -0.820. The van der Waals surface area contributed by atoms with E-state index in [9.17, 15) is 0 Å². The lowest BCUT2D eigenvalue weighted by atomic mass is 10.0. The first-order chi connectivity index (χ1) is 9.95. The normalized spacial score (nSPS) is 14.2. The second-order valence-electron chi connectivity index (χ2n) is 6.65. The molecule has 0 fully saturated rings. The molecule has 122 valence electrons. The fourth-order valence-corrected chi connectivity index (χ4v) is 2.32. The van der Waals surface area contributed by atoms with Gasteiger partial charge in [0.15, 0.2) is 0 Å². The molecule has 0 heterocycles. The minimum atomic E-state index is 0.320. The predicted molar refractivity (Wildman–Crippen MR) is 95.5 cm³/mol. The maximum atomic E-state index is 8.88. The van der Waals surface area contributed by atoms with Gasteiger partial charge in [-0.1, -0.05) is 41.9 Å². The molecule has 0 aromatic heterocycles. The van der Waals surface area contributed by atoms with Gasteiger partial charge in [-0.25, -0.2) is 0 Å². The number of aliphatic hydroxyl groups excluding tert-OH is 1. The molecule has 0 aliphatic heterocycles. The Bertz CT molecular complexity index is 343. The Kier molecular flexibility index (Phi) is 12.4. The highest BCUT2D eigenvalue weighted by molar-refractivity contribution is 5.05. The molecule has 0 aliphatic rings. The molecule has 0 aromatic carbocycles. The van der Waals surface area contributed by atoms with Gasteiger partial charge in [-0.05, 0) is 78.6 Å². The van der Waals surface area contributed by atoms with Crippen molar-refractivity contribution in [1.29, 1.82) is 0 Å². The van der Waals surface area contributed by atoms with Gasteiger partial charge in [0.25, 0.3) is 0 Å². The van der Waals surface area contributed by atoms with Crippen LogP contribution in [0.5, 0.6) is 0 Å². The van der Waals surface area contributed by atoms with Gasteiger partial charge < -0.3 is 5.11 Å². The van der Waals surface area contributed by atoms with Gasteiger partial charge in [0, 0.05) is 6.61 Å². The Morgan fingerprint density at radius 2 is 1.33 bits per heavy atom. The number of rotatable bonds is 11. The van der Waals surface area contributed by atoms with Crippen LogP contribution in [0.4, 0.5) is 0 Å². The van der Waals surface area contributed by atoms with Crippen molar-refractivity contribution in [3.05, 3.63) is 34.9 Å². The maximum Gasteiger partial charge on any atom is 0.0433 e. The highest BCUT2D eigenvalue weighted by atomic mass is 16.3. The third-order valence-electron chi connectivity index (χ3n) is 3.90. The third-order valence-corrected chi connectivity index (χ3v) is 3.90. The van der Waals surface area contributed by atoms with Crippen LogP contribution in [-0.2, 0) is 0 Å². The first-order valence-electron chi connectivity index (χ1n) is 8.51. The van der Waals surface area contributed by atoms with Crippen LogP contribution in [-0.4, -0.2) is 11.7 Å². The van der Waals surface area contributed by atoms with Crippen LogP contribution in [0, 0.1) is 5.92 Å². The van der Waals surface area contributed by atoms with E-state index in [1.54, 1.807) is 0 Å². The summed E-state index contributed by atoms with van der Waals surface area (Å²) in [6, 6.07) is 0. The topological polar surface area (TPSA) is 20.2 Å². The summed E-state index contributed by atoms with van der Waals surface area (Å²) in [6.07, 6.45) is 15.0. The van der Waals surface area contributed by atoms with Crippen molar-refractivity contribution in [2.75, 3.05) is 6.61 Å². The largest absolute Gasteiger partial charge is 0.396 e. The van der Waals surface area contributed by atoms with Crippen molar-refractivity contribution < 1.29 is 5.11 Å². The number of hydrogen-bond acceptors (Lipinski definition) is 1. The summed E-state index contributed by atoms with van der Waals surface area (Å²) in [5, 5.41) is 8.88. The van der Waals surface area contributed by atoms with Crippen LogP contribution in [0.3, 0.4) is 0 Å². The molecule has 21 heavy (non-hydrogen) atoms. The van der Waals surface area contributed by atoms with E-state index in [-0.39, 0.29) is 0 Å². The first-order valence-corrected chi connectivity index (χ1v) is 8.51. The van der Waals surface area contributed by atoms with Crippen molar-refractivity contribution in [3.63, 3.8) is 0 Å². The summed E-state index contributed by atoms with van der Waals surface area (Å²) >= 11 is 0. The summed E-state index contributed by atoms with van der Waals surface area (Å²) < 4.78 is 0. The number of allylic oxidation sites excluding steroid dienone is 6. The van der Waals surface area contributed by atoms with E-state index in [1.165, 1.54) is 42.4 Å². The van der Waals surface area contributed by atoms with Gasteiger partial charge in [0.1, 0.15) is 0 Å². The van der Waals surface area contributed by atoms with Crippen LogP contribution in [0.2, 0.25) is 0 Å². The lowest BCUT2D eigenvalue weighted by molar-refractivity contribution is 0.259. The van der Waals surface area contributed by atoms with Gasteiger partial charge in [-0.15, -0.1) is 0 Å². The van der Waals surface area contributed by atoms with Crippen molar-refractivity contribution in [3.8, 4) is 0 Å². The molecule has 0 aromatic rings. The lowest BCUT2D eigenvalue weighted by Crippen LogP contribution is -1.97. The lowest BCUT2D eigenvalue weighted by Gasteiger charge is -2.07. The maximum absolute atomic E-state index is 8.88. The van der Waals surface area contributed by atoms with Gasteiger partial charge >= 0.3 is 0 Å². The average molecular weight is 293 g/mol. The molecule has 0 spiro atoms. The standard InChI is InChI=1S/C20H36O/c1-17(2)9-6-10-18(3)11-7-12-19(4)13-8-14-20(5)15-16-21/h9,11,13,20-21H,6-8,10,12,14-16H2,1-5H3. The van der Waals surface area contributed by atoms with Gasteiger partial charge in [0.2, 0.25) is 0 Å². The third kappa shape index (κ3) is 13.9. The molecule has 1 heteroatoms. The van der Waals surface area contributed by atoms with E-state index in [0.717, 1.165) is 19.3 Å². The van der Waals surface area contributed by atoms with Crippen LogP contribution in [0.15, 0.2) is 34.9 Å². The van der Waals surface area contributed by atoms with Crippen molar-refractivity contribution in [1.82, 2.24) is 0 Å². The average Bonchev–Trinajstić information content (AvgIpc) is 2.38. The molecule has 0 saturated heterocycles. The summed E-state index contributed by atoms with van der Waals surface area (Å²) in [5.41, 5.74) is 4.42. The molecule has 0 bridgehead atoms. The van der Waals surface area contributed by atoms with Crippen molar-refractivity contribution >= 4 is 0 Å². The molecule has 1 unspecified atom stereocenters. The molecule has 0 radical (unpaired) electrons. The number of aliphatic hydroxyl groups is 1. The summed E-state index contributed by atoms with van der Waals surface area (Å²) in [7, 11) is 0. The zero-order valence-corrected chi connectivity index (χ0v) is 14.9. The molecule has 1 nitrogen and oxygen atoms in total. The van der Waals surface area contributed by atoms with E-state index >= 15 is 0 Å². The van der Waals surface area contributed by atoms with Crippen LogP contribution in [0.1, 0.15) is 79.6 Å². The van der Waals surface area contributed by atoms with Gasteiger partial charge in [-0.2, -0.15) is 0 Å². The monoisotopic (exact) mass is 292 g/mol. The Morgan fingerprint density at radius 1 is 0.810 bits per heavy atom. The van der Waals surface area contributed by atoms with Crippen LogP contribution < -0.4 is 0 Å². The zero-order valence-electron chi connectivity index (χ0n) is 14.9. The Balaban J connectivity index is 3.85. The fourth-order valence-electron chi connectivity index (χ4n) is 2.32. The van der Waals surface area contributed by atoms with E-state index in [0.29, 0.717) is 12.5 Å². The molecule has 0 aliphatic carbocycles. The van der Waals surface area contributed by atoms with E-state index in [2.05, 4.69) is 52.8 Å². The van der Waals surface area contributed by atoms with Gasteiger partial charge in [-0.3, -0.25) is 0 Å². The number of hydrogen-bond donors (Lipinski definition) is 1. The second-order valence-corrected chi connectivity index (χ2v) is 6.65. The van der Waals surface area contributed by atoms with E-state index in [4.69, 9.17) is 5.11 Å². The molecule has 1 N–H and O–H groups in total. The smallest absolute Gasteiger partial charge is 0.0433 e. The highest BCUT2D eigenvalue weighted by Crippen LogP contribution is 2.14. The Labute approximate surface area is 132 Å². The molecule has 0 rings (SSSR count). The molecular weight excluding hydrogens is 256 g/mol. The highest BCUT2D eigenvalue weighted by Gasteiger charge is 1.99. The predicted octanol–water partition coefficient (Wildman–Crippen LogP) is 6.20. The van der Waals surface area contributed by atoms with Crippen molar-refractivity contribution in [2.45, 2.75) is 79.6 Å². The Morgan fingerprint density at radius 3 is 1.86 bits per heavy atom. The zero-order chi connectivity index (χ0) is 16.1. The molecule has 0 saturated carbocycles. The van der Waals surface area contributed by atoms with Crippen LogP contribution in [0.25, 0.3) is 0 Å². The summed E-state index contributed by atoms with van der Waals surface area (Å²) in [4.78, 5) is 0. The minimum absolute atomic E-state index is 0.320. The molecular formula is C20H36O. The van der Waals surface area contributed by atoms with Gasteiger partial charge in [0.05, 0.1) is 0 Å². The van der Waals surface area contributed by atoms with Crippen molar-refractivity contribution in [2.24, 2.45) is 5.92 Å². The molecule has 0 amide bonds. The SMILES string of the molecule is CC(C)=CCCC(C)=CCCC(C)=CCCC(C)CCO. The summed E-state index contributed by atoms with van der Waals surface area (Å²) in [5.74, 6) is 0.635.